The summed E-state index contributed by atoms with van der Waals surface area (Å²) in [5.41, 5.74) is 2.22. The van der Waals surface area contributed by atoms with Gasteiger partial charge in [0.05, 0.1) is 5.69 Å². The maximum Gasteiger partial charge on any atom is 0.471 e. The van der Waals surface area contributed by atoms with Gasteiger partial charge in [0.2, 0.25) is 0 Å². The second-order valence-corrected chi connectivity index (χ2v) is 5.79. The lowest BCUT2D eigenvalue weighted by atomic mass is 10.1. The van der Waals surface area contributed by atoms with Gasteiger partial charge in [0, 0.05) is 29.2 Å². The van der Waals surface area contributed by atoms with E-state index in [0.29, 0.717) is 28.3 Å². The molecule has 140 valence electrons. The minimum Gasteiger partial charge on any atom is -0.318 e. The van der Waals surface area contributed by atoms with Gasteiger partial charge in [0.25, 0.3) is 0 Å². The van der Waals surface area contributed by atoms with Crippen molar-refractivity contribution in [3.8, 4) is 22.6 Å². The molecule has 0 aliphatic rings. The summed E-state index contributed by atoms with van der Waals surface area (Å²) in [6.07, 6.45) is -1.71. The number of rotatable bonds is 3. The Morgan fingerprint density at radius 3 is 2.57 bits per heavy atom. The second kappa shape index (κ2) is 6.72. The first-order chi connectivity index (χ1) is 13.4. The molecule has 0 radical (unpaired) electrons. The van der Waals surface area contributed by atoms with E-state index in [0.717, 1.165) is 0 Å². The number of alkyl halides is 3. The summed E-state index contributed by atoms with van der Waals surface area (Å²) >= 11 is 0. The first-order valence-corrected chi connectivity index (χ1v) is 8.03. The van der Waals surface area contributed by atoms with Crippen LogP contribution in [0.3, 0.4) is 0 Å². The summed E-state index contributed by atoms with van der Waals surface area (Å²) in [6, 6.07) is 12.9. The van der Waals surface area contributed by atoms with Gasteiger partial charge in [-0.15, -0.1) is 10.2 Å². The SMILES string of the molecule is O=C(Nc1cccc(-c2ccc3nnc(-c4cccnc4)n3n2)c1)C(F)(F)F. The molecule has 4 rings (SSSR count). The molecule has 1 aromatic carbocycles. The molecule has 0 saturated carbocycles. The van der Waals surface area contributed by atoms with E-state index in [1.165, 1.54) is 22.7 Å². The number of pyridine rings is 1. The van der Waals surface area contributed by atoms with Gasteiger partial charge in [-0.3, -0.25) is 9.78 Å². The van der Waals surface area contributed by atoms with Crippen molar-refractivity contribution in [2.45, 2.75) is 6.18 Å². The molecule has 1 amide bonds. The summed E-state index contributed by atoms with van der Waals surface area (Å²) in [7, 11) is 0. The van der Waals surface area contributed by atoms with Gasteiger partial charge in [-0.25, -0.2) is 0 Å². The molecule has 4 aromatic rings. The van der Waals surface area contributed by atoms with E-state index in [-0.39, 0.29) is 5.69 Å². The Hall–Kier alpha value is -3.82. The molecule has 0 atom stereocenters. The van der Waals surface area contributed by atoms with Crippen LogP contribution < -0.4 is 5.32 Å². The lowest BCUT2D eigenvalue weighted by molar-refractivity contribution is -0.167. The molecule has 7 nitrogen and oxygen atoms in total. The standard InChI is InChI=1S/C18H11F3N6O/c19-18(20,21)17(28)23-13-5-1-3-11(9-13)14-6-7-15-24-25-16(27(15)26-14)12-4-2-8-22-10-12/h1-10H,(H,23,28). The Labute approximate surface area is 155 Å². The van der Waals surface area contributed by atoms with Crippen molar-refractivity contribution >= 4 is 17.2 Å². The van der Waals surface area contributed by atoms with E-state index in [1.54, 1.807) is 36.7 Å². The average Bonchev–Trinajstić information content (AvgIpc) is 3.11. The highest BCUT2D eigenvalue weighted by atomic mass is 19.4. The number of carbonyl (C=O) groups excluding carboxylic acids is 1. The van der Waals surface area contributed by atoms with Crippen LogP contribution in [0.4, 0.5) is 18.9 Å². The number of hydrogen-bond acceptors (Lipinski definition) is 5. The van der Waals surface area contributed by atoms with Crippen LogP contribution >= 0.6 is 0 Å². The number of hydrogen-bond donors (Lipinski definition) is 1. The van der Waals surface area contributed by atoms with Gasteiger partial charge >= 0.3 is 12.1 Å². The highest BCUT2D eigenvalue weighted by Gasteiger charge is 2.38. The molecular weight excluding hydrogens is 373 g/mol. The zero-order valence-electron chi connectivity index (χ0n) is 14.1. The minimum absolute atomic E-state index is 0.0120. The molecule has 1 N–H and O–H groups in total. The Morgan fingerprint density at radius 1 is 1.00 bits per heavy atom. The van der Waals surface area contributed by atoms with Crippen LogP contribution in [-0.4, -0.2) is 36.9 Å². The Morgan fingerprint density at radius 2 is 1.82 bits per heavy atom. The molecule has 10 heteroatoms. The number of anilines is 1. The van der Waals surface area contributed by atoms with Crippen LogP contribution in [0.15, 0.2) is 60.9 Å². The molecule has 3 aromatic heterocycles. The van der Waals surface area contributed by atoms with Crippen LogP contribution in [0.1, 0.15) is 0 Å². The molecule has 0 spiro atoms. The zero-order valence-corrected chi connectivity index (χ0v) is 14.1. The third-order valence-corrected chi connectivity index (χ3v) is 3.86. The molecule has 0 aliphatic carbocycles. The molecule has 0 unspecified atom stereocenters. The fraction of sp³-hybridized carbons (Fsp3) is 0.0556. The zero-order chi connectivity index (χ0) is 19.7. The second-order valence-electron chi connectivity index (χ2n) is 5.79. The van der Waals surface area contributed by atoms with Gasteiger partial charge in [-0.2, -0.15) is 22.8 Å². The topological polar surface area (TPSA) is 85.1 Å². The first kappa shape index (κ1) is 17.6. The smallest absolute Gasteiger partial charge is 0.318 e. The van der Waals surface area contributed by atoms with Crippen LogP contribution in [0.2, 0.25) is 0 Å². The normalized spacial score (nSPS) is 11.5. The van der Waals surface area contributed by atoms with Gasteiger partial charge in [-0.05, 0) is 36.4 Å². The Bertz CT molecular complexity index is 1160. The molecule has 0 aliphatic heterocycles. The molecule has 0 saturated heterocycles. The van der Waals surface area contributed by atoms with Gasteiger partial charge in [0.1, 0.15) is 0 Å². The van der Waals surface area contributed by atoms with E-state index in [1.807, 2.05) is 11.4 Å². The van der Waals surface area contributed by atoms with Crippen LogP contribution in [-0.2, 0) is 4.79 Å². The van der Waals surface area contributed by atoms with Crippen molar-refractivity contribution in [3.63, 3.8) is 0 Å². The maximum atomic E-state index is 12.5. The number of carbonyl (C=O) groups is 1. The fourth-order valence-corrected chi connectivity index (χ4v) is 2.58. The number of nitrogens with one attached hydrogen (secondary N) is 1. The minimum atomic E-state index is -4.96. The third-order valence-electron chi connectivity index (χ3n) is 3.86. The predicted molar refractivity (Wildman–Crippen MR) is 94.1 cm³/mol. The molecule has 28 heavy (non-hydrogen) atoms. The lowest BCUT2D eigenvalue weighted by Crippen LogP contribution is -2.29. The summed E-state index contributed by atoms with van der Waals surface area (Å²) < 4.78 is 38.9. The lowest BCUT2D eigenvalue weighted by Gasteiger charge is -2.09. The van der Waals surface area contributed by atoms with E-state index >= 15 is 0 Å². The Balaban J connectivity index is 1.72. The summed E-state index contributed by atoms with van der Waals surface area (Å²) in [6.45, 7) is 0. The van der Waals surface area contributed by atoms with Crippen LogP contribution in [0, 0.1) is 0 Å². The van der Waals surface area contributed by atoms with Crippen molar-refractivity contribution in [2.75, 3.05) is 5.32 Å². The highest BCUT2D eigenvalue weighted by molar-refractivity contribution is 5.95. The Kier molecular flexibility index (Phi) is 4.22. The highest BCUT2D eigenvalue weighted by Crippen LogP contribution is 2.24. The average molecular weight is 384 g/mol. The summed E-state index contributed by atoms with van der Waals surface area (Å²) in [5.74, 6) is -1.56. The number of fused-ring (bicyclic) bond motifs is 1. The fourth-order valence-electron chi connectivity index (χ4n) is 2.58. The summed E-state index contributed by atoms with van der Waals surface area (Å²) in [4.78, 5) is 15.2. The van der Waals surface area contributed by atoms with Gasteiger partial charge < -0.3 is 5.32 Å². The first-order valence-electron chi connectivity index (χ1n) is 8.03. The number of halogens is 3. The van der Waals surface area contributed by atoms with Crippen LogP contribution in [0.25, 0.3) is 28.3 Å². The van der Waals surface area contributed by atoms with Crippen LogP contribution in [0.5, 0.6) is 0 Å². The molecule has 3 heterocycles. The number of benzene rings is 1. The summed E-state index contributed by atoms with van der Waals surface area (Å²) in [5, 5.41) is 14.5. The third kappa shape index (κ3) is 3.39. The van der Waals surface area contributed by atoms with Crippen molar-refractivity contribution in [3.05, 3.63) is 60.9 Å². The van der Waals surface area contributed by atoms with Crippen molar-refractivity contribution in [1.29, 1.82) is 0 Å². The van der Waals surface area contributed by atoms with Crippen molar-refractivity contribution in [2.24, 2.45) is 0 Å². The molecule has 0 bridgehead atoms. The quantitative estimate of drug-likeness (QED) is 0.586. The van der Waals surface area contributed by atoms with E-state index in [9.17, 15) is 18.0 Å². The van der Waals surface area contributed by atoms with E-state index in [2.05, 4.69) is 20.3 Å². The van der Waals surface area contributed by atoms with E-state index < -0.39 is 12.1 Å². The number of aromatic nitrogens is 5. The predicted octanol–water partition coefficient (Wildman–Crippen LogP) is 3.35. The van der Waals surface area contributed by atoms with Crippen molar-refractivity contribution < 1.29 is 18.0 Å². The van der Waals surface area contributed by atoms with Gasteiger partial charge in [-0.1, -0.05) is 12.1 Å². The van der Waals surface area contributed by atoms with E-state index in [4.69, 9.17) is 0 Å². The maximum absolute atomic E-state index is 12.5. The van der Waals surface area contributed by atoms with Gasteiger partial charge in [0.15, 0.2) is 11.5 Å². The van der Waals surface area contributed by atoms with Crippen molar-refractivity contribution in [1.82, 2.24) is 24.8 Å². The molecular formula is C18H11F3N6O. The largest absolute Gasteiger partial charge is 0.471 e. The number of amides is 1. The molecule has 0 fully saturated rings. The monoisotopic (exact) mass is 384 g/mol. The number of nitrogens with zero attached hydrogens (tertiary/aromatic N) is 5.